The van der Waals surface area contributed by atoms with E-state index in [2.05, 4.69) is 51.1 Å². The predicted molar refractivity (Wildman–Crippen MR) is 190 cm³/mol. The molecule has 11 nitrogen and oxygen atoms in total. The number of anilines is 2. The van der Waals surface area contributed by atoms with Crippen LogP contribution in [0.25, 0.3) is 10.8 Å². The van der Waals surface area contributed by atoms with E-state index in [0.717, 1.165) is 64.5 Å². The van der Waals surface area contributed by atoms with Gasteiger partial charge in [0.2, 0.25) is 0 Å². The Morgan fingerprint density at radius 1 is 0.980 bits per heavy atom. The van der Waals surface area contributed by atoms with E-state index in [1.54, 1.807) is 4.90 Å². The maximum absolute atomic E-state index is 13.1. The average Bonchev–Trinajstić information content (AvgIpc) is 3.07. The first-order chi connectivity index (χ1) is 23.6. The Morgan fingerprint density at radius 3 is 2.51 bits per heavy atom. The summed E-state index contributed by atoms with van der Waals surface area (Å²) in [5.41, 5.74) is 2.42. The van der Waals surface area contributed by atoms with Crippen molar-refractivity contribution in [1.82, 2.24) is 19.8 Å². The van der Waals surface area contributed by atoms with Gasteiger partial charge in [-0.1, -0.05) is 42.5 Å². The monoisotopic (exact) mass is 663 g/mol. The SMILES string of the molecule is CN(C)CCOc1nc2c(c(N3CCN(C(=O)OC(C)(C)C)C(CC#N)C3)n1)CCN(c1cc(Oc3ccccc3)cc3ccccc13)C2. The molecule has 1 aromatic heterocycles. The van der Waals surface area contributed by atoms with Crippen LogP contribution >= 0.6 is 0 Å². The summed E-state index contributed by atoms with van der Waals surface area (Å²) in [5, 5.41) is 11.9. The standard InChI is InChI=1S/C38H45N7O4/c1-38(2,3)49-37(46)45-20-19-44(25-28(45)15-17-39)35-32-16-18-43(26-33(32)40-36(41-35)47-22-21-42(4)5)34-24-30(48-29-12-7-6-8-13-29)23-27-11-9-10-14-31(27)34/h6-14,23-24,28H,15-16,18-22,25-26H2,1-5H3. The number of rotatable bonds is 9. The zero-order chi connectivity index (χ0) is 34.5. The molecule has 49 heavy (non-hydrogen) atoms. The average molecular weight is 664 g/mol. The molecule has 4 aromatic rings. The molecule has 0 aliphatic carbocycles. The minimum atomic E-state index is -0.625. The van der Waals surface area contributed by atoms with Crippen molar-refractivity contribution in [1.29, 1.82) is 5.26 Å². The lowest BCUT2D eigenvalue weighted by Crippen LogP contribution is -2.56. The van der Waals surface area contributed by atoms with E-state index in [4.69, 9.17) is 24.2 Å². The second kappa shape index (κ2) is 14.6. The second-order valence-corrected chi connectivity index (χ2v) is 13.8. The van der Waals surface area contributed by atoms with Crippen LogP contribution < -0.4 is 19.3 Å². The van der Waals surface area contributed by atoms with Crippen molar-refractivity contribution in [3.63, 3.8) is 0 Å². The number of likely N-dealkylation sites (N-methyl/N-ethyl adjacent to an activating group) is 1. The van der Waals surface area contributed by atoms with Gasteiger partial charge in [0.15, 0.2) is 0 Å². The van der Waals surface area contributed by atoms with E-state index in [9.17, 15) is 10.1 Å². The lowest BCUT2D eigenvalue weighted by atomic mass is 10.0. The third-order valence-corrected chi connectivity index (χ3v) is 8.66. The molecule has 0 radical (unpaired) electrons. The molecule has 256 valence electrons. The normalized spacial score (nSPS) is 16.3. The summed E-state index contributed by atoms with van der Waals surface area (Å²) < 4.78 is 18.1. The molecule has 2 aliphatic heterocycles. The van der Waals surface area contributed by atoms with Gasteiger partial charge in [-0.3, -0.25) is 0 Å². The van der Waals surface area contributed by atoms with Gasteiger partial charge in [-0.05, 0) is 64.9 Å². The van der Waals surface area contributed by atoms with Gasteiger partial charge in [-0.2, -0.15) is 15.2 Å². The highest BCUT2D eigenvalue weighted by Crippen LogP contribution is 2.38. The van der Waals surface area contributed by atoms with Crippen LogP contribution in [0, 0.1) is 11.3 Å². The first-order valence-corrected chi connectivity index (χ1v) is 16.9. The summed E-state index contributed by atoms with van der Waals surface area (Å²) >= 11 is 0. The van der Waals surface area contributed by atoms with Crippen LogP contribution in [-0.2, 0) is 17.7 Å². The quantitative estimate of drug-likeness (QED) is 0.204. The highest BCUT2D eigenvalue weighted by atomic mass is 16.6. The molecule has 1 atom stereocenters. The summed E-state index contributed by atoms with van der Waals surface area (Å²) in [5.74, 6) is 2.36. The van der Waals surface area contributed by atoms with Crippen molar-refractivity contribution in [2.75, 3.05) is 63.2 Å². The Morgan fingerprint density at radius 2 is 1.76 bits per heavy atom. The van der Waals surface area contributed by atoms with Crippen molar-refractivity contribution >= 4 is 28.4 Å². The van der Waals surface area contributed by atoms with Crippen molar-refractivity contribution in [2.45, 2.75) is 51.8 Å². The number of hydrogen-bond acceptors (Lipinski definition) is 10. The number of carbonyl (C=O) groups is 1. The van der Waals surface area contributed by atoms with Crippen molar-refractivity contribution in [3.8, 4) is 23.6 Å². The van der Waals surface area contributed by atoms with Crippen LogP contribution in [0.3, 0.4) is 0 Å². The highest BCUT2D eigenvalue weighted by Gasteiger charge is 2.36. The van der Waals surface area contributed by atoms with Crippen LogP contribution in [0.1, 0.15) is 38.4 Å². The van der Waals surface area contributed by atoms with Crippen molar-refractivity contribution in [3.05, 3.63) is 78.0 Å². The number of aromatic nitrogens is 2. The fraction of sp³-hybridized carbons (Fsp3) is 0.421. The minimum absolute atomic E-state index is 0.192. The van der Waals surface area contributed by atoms with E-state index in [-0.39, 0.29) is 12.5 Å². The number of ether oxygens (including phenoxy) is 3. The zero-order valence-electron chi connectivity index (χ0n) is 29.1. The van der Waals surface area contributed by atoms with E-state index in [1.165, 1.54) is 0 Å². The van der Waals surface area contributed by atoms with Gasteiger partial charge >= 0.3 is 12.1 Å². The largest absolute Gasteiger partial charge is 0.462 e. The number of fused-ring (bicyclic) bond motifs is 2. The molecular formula is C38H45N7O4. The van der Waals surface area contributed by atoms with Gasteiger partial charge < -0.3 is 33.8 Å². The number of benzene rings is 3. The summed E-state index contributed by atoms with van der Waals surface area (Å²) in [4.78, 5) is 31.3. The molecule has 1 fully saturated rings. The van der Waals surface area contributed by atoms with Crippen LogP contribution in [-0.4, -0.2) is 90.9 Å². The molecule has 3 heterocycles. The molecule has 2 aliphatic rings. The summed E-state index contributed by atoms with van der Waals surface area (Å²) in [7, 11) is 4.00. The molecule has 0 spiro atoms. The highest BCUT2D eigenvalue weighted by molar-refractivity contribution is 5.96. The first-order valence-electron chi connectivity index (χ1n) is 16.9. The van der Waals surface area contributed by atoms with Gasteiger partial charge in [-0.15, -0.1) is 0 Å². The fourth-order valence-electron chi connectivity index (χ4n) is 6.34. The predicted octanol–water partition coefficient (Wildman–Crippen LogP) is 6.26. The number of para-hydroxylation sites is 1. The number of nitriles is 1. The molecule has 11 heteroatoms. The topological polar surface area (TPSA) is 107 Å². The number of amides is 1. The summed E-state index contributed by atoms with van der Waals surface area (Å²) in [6, 6.07) is 24.6. The van der Waals surface area contributed by atoms with Crippen LogP contribution in [0.5, 0.6) is 17.5 Å². The maximum Gasteiger partial charge on any atom is 0.410 e. The van der Waals surface area contributed by atoms with E-state index < -0.39 is 11.7 Å². The van der Waals surface area contributed by atoms with E-state index >= 15 is 0 Å². The van der Waals surface area contributed by atoms with Crippen molar-refractivity contribution < 1.29 is 19.0 Å². The van der Waals surface area contributed by atoms with Gasteiger partial charge in [-0.25, -0.2) is 4.79 Å². The third-order valence-electron chi connectivity index (χ3n) is 8.66. The Bertz CT molecular complexity index is 1820. The Balaban J connectivity index is 1.32. The van der Waals surface area contributed by atoms with Gasteiger partial charge in [0.05, 0.1) is 30.8 Å². The molecular weight excluding hydrogens is 618 g/mol. The first kappa shape index (κ1) is 33.8. The number of piperazine rings is 1. The zero-order valence-corrected chi connectivity index (χ0v) is 29.1. The second-order valence-electron chi connectivity index (χ2n) is 13.8. The van der Waals surface area contributed by atoms with Gasteiger partial charge in [0.1, 0.15) is 29.5 Å². The fourth-order valence-corrected chi connectivity index (χ4v) is 6.34. The smallest absolute Gasteiger partial charge is 0.410 e. The molecule has 0 N–H and O–H groups in total. The molecule has 6 rings (SSSR count). The molecule has 0 saturated carbocycles. The molecule has 1 saturated heterocycles. The van der Waals surface area contributed by atoms with Gasteiger partial charge in [0, 0.05) is 55.4 Å². The number of carbonyl (C=O) groups excluding carboxylic acids is 1. The molecule has 0 bridgehead atoms. The molecule has 3 aromatic carbocycles. The third kappa shape index (κ3) is 8.15. The Labute approximate surface area is 288 Å². The lowest BCUT2D eigenvalue weighted by Gasteiger charge is -2.42. The summed E-state index contributed by atoms with van der Waals surface area (Å²) in [6.07, 6.45) is 0.513. The van der Waals surface area contributed by atoms with Gasteiger partial charge in [0.25, 0.3) is 0 Å². The Hall–Kier alpha value is -5.08. The van der Waals surface area contributed by atoms with Crippen LogP contribution in [0.15, 0.2) is 66.7 Å². The van der Waals surface area contributed by atoms with Crippen molar-refractivity contribution in [2.24, 2.45) is 0 Å². The lowest BCUT2D eigenvalue weighted by molar-refractivity contribution is 0.0144. The number of hydrogen-bond donors (Lipinski definition) is 0. The van der Waals surface area contributed by atoms with Crippen LogP contribution in [0.4, 0.5) is 16.3 Å². The van der Waals surface area contributed by atoms with E-state index in [1.807, 2.05) is 71.3 Å². The molecule has 1 unspecified atom stereocenters. The minimum Gasteiger partial charge on any atom is -0.462 e. The number of nitrogens with zero attached hydrogens (tertiary/aromatic N) is 7. The van der Waals surface area contributed by atoms with E-state index in [0.29, 0.717) is 38.8 Å². The molecule has 1 amide bonds. The Kier molecular flexibility index (Phi) is 10.1. The summed E-state index contributed by atoms with van der Waals surface area (Å²) in [6.45, 7) is 9.47. The maximum atomic E-state index is 13.1. The van der Waals surface area contributed by atoms with Crippen LogP contribution in [0.2, 0.25) is 0 Å².